The Morgan fingerprint density at radius 2 is 1.76 bits per heavy atom. The van der Waals surface area contributed by atoms with E-state index < -0.39 is 22.7 Å². The lowest BCUT2D eigenvalue weighted by molar-refractivity contribution is -0.137. The van der Waals surface area contributed by atoms with Gasteiger partial charge in [-0.05, 0) is 48.0 Å². The van der Waals surface area contributed by atoms with Gasteiger partial charge in [0.05, 0.1) is 20.6 Å². The lowest BCUT2D eigenvalue weighted by atomic mass is 10.1. The number of hydrogen-bond donors (Lipinski definition) is 1. The third-order valence-corrected chi connectivity index (χ3v) is 6.50. The van der Waals surface area contributed by atoms with Gasteiger partial charge < -0.3 is 4.42 Å². The number of anilines is 1. The third-order valence-electron chi connectivity index (χ3n) is 4.52. The van der Waals surface area contributed by atoms with Crippen molar-refractivity contribution >= 4 is 57.2 Å². The van der Waals surface area contributed by atoms with Crippen molar-refractivity contribution in [3.63, 3.8) is 0 Å². The normalized spacial score (nSPS) is 11.6. The lowest BCUT2D eigenvalue weighted by Gasteiger charge is -2.09. The number of alkyl halides is 3. The molecule has 4 nitrogen and oxygen atoms in total. The molecule has 0 aliphatic rings. The molecule has 4 aromatic rings. The summed E-state index contributed by atoms with van der Waals surface area (Å²) in [6, 6.07) is 11.5. The molecule has 33 heavy (non-hydrogen) atoms. The van der Waals surface area contributed by atoms with Gasteiger partial charge in [0.1, 0.15) is 5.76 Å². The van der Waals surface area contributed by atoms with Crippen molar-refractivity contribution < 1.29 is 22.4 Å². The number of halogens is 6. The van der Waals surface area contributed by atoms with Crippen LogP contribution in [0.25, 0.3) is 11.3 Å². The van der Waals surface area contributed by atoms with E-state index in [1.54, 1.807) is 18.3 Å². The van der Waals surface area contributed by atoms with Crippen LogP contribution >= 0.6 is 46.1 Å². The third kappa shape index (κ3) is 5.52. The molecule has 0 atom stereocenters. The van der Waals surface area contributed by atoms with Gasteiger partial charge >= 0.3 is 6.18 Å². The molecule has 2 aromatic carbocycles. The Labute approximate surface area is 204 Å². The molecule has 1 N–H and O–H groups in total. The average molecular weight is 532 g/mol. The van der Waals surface area contributed by atoms with E-state index in [0.717, 1.165) is 22.6 Å². The van der Waals surface area contributed by atoms with Gasteiger partial charge in [-0.1, -0.05) is 40.9 Å². The second-order valence-corrected chi connectivity index (χ2v) is 9.20. The molecule has 2 heterocycles. The van der Waals surface area contributed by atoms with Gasteiger partial charge in [0.15, 0.2) is 10.9 Å². The van der Waals surface area contributed by atoms with Crippen molar-refractivity contribution in [3.05, 3.63) is 91.6 Å². The first-order valence-corrected chi connectivity index (χ1v) is 11.2. The van der Waals surface area contributed by atoms with Gasteiger partial charge in [-0.15, -0.1) is 11.3 Å². The predicted octanol–water partition coefficient (Wildman–Crippen LogP) is 8.23. The zero-order valence-electron chi connectivity index (χ0n) is 16.3. The maximum absolute atomic E-state index is 13.1. The van der Waals surface area contributed by atoms with Gasteiger partial charge in [-0.2, -0.15) is 13.2 Å². The maximum atomic E-state index is 13.1. The van der Waals surface area contributed by atoms with Crippen LogP contribution < -0.4 is 5.32 Å². The summed E-state index contributed by atoms with van der Waals surface area (Å²) >= 11 is 18.9. The van der Waals surface area contributed by atoms with Crippen LogP contribution in [-0.4, -0.2) is 10.9 Å². The van der Waals surface area contributed by atoms with E-state index in [4.69, 9.17) is 39.2 Å². The highest BCUT2D eigenvalue weighted by Crippen LogP contribution is 2.37. The van der Waals surface area contributed by atoms with E-state index in [1.165, 1.54) is 29.5 Å². The molecule has 0 fully saturated rings. The number of rotatable bonds is 5. The van der Waals surface area contributed by atoms with Crippen molar-refractivity contribution in [1.29, 1.82) is 0 Å². The van der Waals surface area contributed by atoms with E-state index in [2.05, 4.69) is 10.3 Å². The smallest absolute Gasteiger partial charge is 0.417 e. The molecule has 0 saturated carbocycles. The van der Waals surface area contributed by atoms with Crippen molar-refractivity contribution in [1.82, 2.24) is 4.98 Å². The molecular weight excluding hydrogens is 520 g/mol. The van der Waals surface area contributed by atoms with Gasteiger partial charge in [0, 0.05) is 23.1 Å². The molecule has 0 aliphatic heterocycles. The van der Waals surface area contributed by atoms with E-state index >= 15 is 0 Å². The molecule has 0 aliphatic carbocycles. The van der Waals surface area contributed by atoms with Crippen molar-refractivity contribution in [2.75, 3.05) is 5.32 Å². The Kier molecular flexibility index (Phi) is 6.72. The van der Waals surface area contributed by atoms with E-state index in [0.29, 0.717) is 21.6 Å². The molecule has 0 unspecified atom stereocenters. The van der Waals surface area contributed by atoms with Crippen LogP contribution in [0.15, 0.2) is 59.1 Å². The number of hydrogen-bond acceptors (Lipinski definition) is 4. The number of nitrogens with zero attached hydrogens (tertiary/aromatic N) is 1. The maximum Gasteiger partial charge on any atom is 0.417 e. The largest absolute Gasteiger partial charge is 0.451 e. The Bertz CT molecular complexity index is 1330. The van der Waals surface area contributed by atoms with E-state index in [-0.39, 0.29) is 17.1 Å². The molecular formula is C22H12Cl3F3N2O2S. The first kappa shape index (κ1) is 23.6. The fourth-order valence-corrected chi connectivity index (χ4v) is 4.35. The Morgan fingerprint density at radius 1 is 1.00 bits per heavy atom. The molecule has 0 bridgehead atoms. The molecule has 0 radical (unpaired) electrons. The molecule has 4 rings (SSSR count). The number of thiazole rings is 1. The topological polar surface area (TPSA) is 55.1 Å². The molecule has 11 heteroatoms. The zero-order valence-corrected chi connectivity index (χ0v) is 19.4. The highest BCUT2D eigenvalue weighted by molar-refractivity contribution is 7.15. The number of benzene rings is 2. The molecule has 1 amide bonds. The van der Waals surface area contributed by atoms with Crippen LogP contribution in [-0.2, 0) is 12.6 Å². The van der Waals surface area contributed by atoms with Crippen molar-refractivity contribution in [2.24, 2.45) is 0 Å². The zero-order chi connectivity index (χ0) is 23.8. The summed E-state index contributed by atoms with van der Waals surface area (Å²) in [5, 5.41) is 3.46. The first-order valence-electron chi connectivity index (χ1n) is 9.27. The molecule has 0 saturated heterocycles. The highest BCUT2D eigenvalue weighted by atomic mass is 35.5. The summed E-state index contributed by atoms with van der Waals surface area (Å²) in [6.07, 6.45) is -2.43. The van der Waals surface area contributed by atoms with Crippen LogP contribution in [0.4, 0.5) is 18.3 Å². The number of furan rings is 1. The van der Waals surface area contributed by atoms with Crippen LogP contribution in [0.1, 0.15) is 26.6 Å². The first-order chi connectivity index (χ1) is 15.6. The summed E-state index contributed by atoms with van der Waals surface area (Å²) in [7, 11) is 0. The van der Waals surface area contributed by atoms with Gasteiger partial charge in [0.2, 0.25) is 0 Å². The number of carbonyl (C=O) groups excluding carboxylic acids is 1. The Hall–Kier alpha value is -2.52. The number of amides is 1. The SMILES string of the molecule is O=C(Nc1ncc(Cc2ccc(Cl)c(Cl)c2)s1)c1ccc(-c2ccc(Cl)c(C(F)(F)F)c2)o1. The van der Waals surface area contributed by atoms with Gasteiger partial charge in [-0.25, -0.2) is 4.98 Å². The van der Waals surface area contributed by atoms with Crippen LogP contribution in [0.5, 0.6) is 0 Å². The van der Waals surface area contributed by atoms with Gasteiger partial charge in [-0.3, -0.25) is 10.1 Å². The minimum atomic E-state index is -4.61. The predicted molar refractivity (Wildman–Crippen MR) is 123 cm³/mol. The quantitative estimate of drug-likeness (QED) is 0.282. The van der Waals surface area contributed by atoms with Gasteiger partial charge in [0.25, 0.3) is 5.91 Å². The average Bonchev–Trinajstić information content (AvgIpc) is 3.40. The number of aromatic nitrogens is 1. The van der Waals surface area contributed by atoms with Crippen molar-refractivity contribution in [2.45, 2.75) is 12.6 Å². The number of carbonyl (C=O) groups is 1. The minimum absolute atomic E-state index is 0.0743. The van der Waals surface area contributed by atoms with E-state index in [9.17, 15) is 18.0 Å². The fraction of sp³-hybridized carbons (Fsp3) is 0.0909. The van der Waals surface area contributed by atoms with Crippen LogP contribution in [0.3, 0.4) is 0 Å². The lowest BCUT2D eigenvalue weighted by Crippen LogP contribution is -2.10. The standard InChI is InChI=1S/C22H12Cl3F3N2O2S/c23-15-4-2-12(9-14(15)22(26,27)28)18-5-6-19(32-18)20(31)30-21-29-10-13(33-21)7-11-1-3-16(24)17(25)8-11/h1-6,8-10H,7H2,(H,29,30,31). The Morgan fingerprint density at radius 3 is 2.48 bits per heavy atom. The van der Waals surface area contributed by atoms with Crippen molar-refractivity contribution in [3.8, 4) is 11.3 Å². The fourth-order valence-electron chi connectivity index (χ4n) is 2.97. The van der Waals surface area contributed by atoms with Crippen LogP contribution in [0, 0.1) is 0 Å². The number of nitrogens with one attached hydrogen (secondary N) is 1. The second-order valence-electron chi connectivity index (χ2n) is 6.87. The summed E-state index contributed by atoms with van der Waals surface area (Å²) in [6.45, 7) is 0. The summed E-state index contributed by atoms with van der Waals surface area (Å²) < 4.78 is 44.8. The molecule has 0 spiro atoms. The molecule has 2 aromatic heterocycles. The summed E-state index contributed by atoms with van der Waals surface area (Å²) in [5.41, 5.74) is 0.0908. The van der Waals surface area contributed by atoms with E-state index in [1.807, 2.05) is 6.07 Å². The van der Waals surface area contributed by atoms with Crippen LogP contribution in [0.2, 0.25) is 15.1 Å². The monoisotopic (exact) mass is 530 g/mol. The minimum Gasteiger partial charge on any atom is -0.451 e. The molecule has 170 valence electrons. The summed E-state index contributed by atoms with van der Waals surface area (Å²) in [4.78, 5) is 17.6. The Balaban J connectivity index is 1.46. The highest BCUT2D eigenvalue weighted by Gasteiger charge is 2.33. The summed E-state index contributed by atoms with van der Waals surface area (Å²) in [5.74, 6) is -0.557. The second kappa shape index (κ2) is 9.38.